The van der Waals surface area contributed by atoms with E-state index in [-0.39, 0.29) is 34.5 Å². The number of halogens is 2. The minimum absolute atomic E-state index is 0.121. The molecule has 252 valence electrons. The lowest BCUT2D eigenvalue weighted by Crippen LogP contribution is -2.71. The van der Waals surface area contributed by atoms with Gasteiger partial charge in [0.15, 0.2) is 5.82 Å². The Balaban J connectivity index is 1.41. The number of aromatic hydroxyl groups is 1. The quantitative estimate of drug-likeness (QED) is 0.283. The molecule has 4 bridgehead atoms. The highest BCUT2D eigenvalue weighted by Gasteiger charge is 2.63. The van der Waals surface area contributed by atoms with Crippen molar-refractivity contribution >= 4 is 28.9 Å². The summed E-state index contributed by atoms with van der Waals surface area (Å²) in [7, 11) is 0. The fourth-order valence-corrected chi connectivity index (χ4v) is 8.00. The topological polar surface area (TPSA) is 133 Å². The van der Waals surface area contributed by atoms with E-state index in [1.807, 2.05) is 0 Å². The number of amides is 1. The van der Waals surface area contributed by atoms with Crippen molar-refractivity contribution in [1.82, 2.24) is 19.9 Å². The van der Waals surface area contributed by atoms with Crippen LogP contribution in [0.2, 0.25) is 0 Å². The molecule has 12 heteroatoms. The van der Waals surface area contributed by atoms with Gasteiger partial charge in [0.05, 0.1) is 11.1 Å². The van der Waals surface area contributed by atoms with E-state index in [1.165, 1.54) is 24.4 Å². The van der Waals surface area contributed by atoms with Crippen molar-refractivity contribution in [3.63, 3.8) is 0 Å². The summed E-state index contributed by atoms with van der Waals surface area (Å²) < 4.78 is 43.2. The Kier molecular flexibility index (Phi) is 7.67. The number of aromatic nitrogens is 3. The number of ether oxygens (including phenoxy) is 2. The van der Waals surface area contributed by atoms with Crippen molar-refractivity contribution in [2.45, 2.75) is 103 Å². The van der Waals surface area contributed by atoms with Gasteiger partial charge in [-0.05, 0) is 109 Å². The molecular weight excluding hydrogens is 610 g/mol. The fraction of sp³-hybridized carbons (Fsp3) is 0.571. The number of phenolic OH excluding ortho intramolecular Hbond substituents is 1. The lowest BCUT2D eigenvalue weighted by atomic mass is 9.48. The van der Waals surface area contributed by atoms with Crippen molar-refractivity contribution < 1.29 is 37.7 Å². The Bertz CT molecular complexity index is 1740. The van der Waals surface area contributed by atoms with E-state index in [2.05, 4.69) is 15.3 Å². The fourth-order valence-electron chi connectivity index (χ4n) is 8.00. The first-order valence-corrected chi connectivity index (χ1v) is 16.1. The summed E-state index contributed by atoms with van der Waals surface area (Å²) in [6.45, 7) is 11.0. The predicted molar refractivity (Wildman–Crippen MR) is 169 cm³/mol. The number of carbonyl (C=O) groups excluding carboxylic acids is 3. The van der Waals surface area contributed by atoms with Gasteiger partial charge in [-0.3, -0.25) is 9.36 Å². The molecule has 0 saturated heterocycles. The van der Waals surface area contributed by atoms with Crippen LogP contribution >= 0.6 is 0 Å². The Hall–Kier alpha value is -4.09. The second-order valence-electron chi connectivity index (χ2n) is 15.6. The second-order valence-corrected chi connectivity index (χ2v) is 15.6. The van der Waals surface area contributed by atoms with E-state index < -0.39 is 51.9 Å². The van der Waals surface area contributed by atoms with Crippen molar-refractivity contribution in [2.75, 3.05) is 0 Å². The molecule has 7 rings (SSSR count). The standard InChI is InChI=1S/C35H42F2N4O6/c1-32(2,3)46-30(44)35(20-11-18-10-19(13-20)14-21(35)12-18)40-29(43)24-16-38-28(39-27(24)34(7,36)37)25-17-41(31(45)47-33(4,5)6)26-15-22(42)8-9-23(25)26/h8-9,15-21,42H,10-14H2,1-7H3,(H,40,43). The number of phenols is 1. The normalized spacial score (nSPS) is 25.6. The highest BCUT2D eigenvalue weighted by atomic mass is 19.3. The number of rotatable bonds is 5. The number of benzene rings is 1. The molecule has 1 amide bonds. The van der Waals surface area contributed by atoms with Gasteiger partial charge in [-0.15, -0.1) is 0 Å². The molecule has 0 unspecified atom stereocenters. The molecule has 2 heterocycles. The number of hydrogen-bond acceptors (Lipinski definition) is 8. The van der Waals surface area contributed by atoms with Crippen molar-refractivity contribution in [3.05, 3.63) is 41.9 Å². The number of nitrogens with one attached hydrogen (secondary N) is 1. The number of nitrogens with zero attached hydrogens (tertiary/aromatic N) is 3. The number of fused-ring (bicyclic) bond motifs is 1. The Labute approximate surface area is 272 Å². The van der Waals surface area contributed by atoms with Gasteiger partial charge in [0.1, 0.15) is 28.2 Å². The van der Waals surface area contributed by atoms with Gasteiger partial charge < -0.3 is 19.9 Å². The van der Waals surface area contributed by atoms with Crippen molar-refractivity contribution in [1.29, 1.82) is 0 Å². The van der Waals surface area contributed by atoms with Crippen LogP contribution in [0.3, 0.4) is 0 Å². The average molecular weight is 653 g/mol. The molecule has 4 aliphatic rings. The van der Waals surface area contributed by atoms with Crippen LogP contribution in [-0.4, -0.2) is 54.4 Å². The van der Waals surface area contributed by atoms with Gasteiger partial charge in [-0.1, -0.05) is 0 Å². The third kappa shape index (κ3) is 6.07. The Morgan fingerprint density at radius 2 is 1.53 bits per heavy atom. The maximum absolute atomic E-state index is 15.3. The lowest BCUT2D eigenvalue weighted by Gasteiger charge is -2.59. The van der Waals surface area contributed by atoms with Crippen LogP contribution < -0.4 is 5.32 Å². The molecule has 0 aliphatic heterocycles. The highest BCUT2D eigenvalue weighted by molar-refractivity contribution is 6.01. The second kappa shape index (κ2) is 11.0. The zero-order valence-electron chi connectivity index (χ0n) is 27.8. The van der Waals surface area contributed by atoms with E-state index in [0.29, 0.717) is 24.1 Å². The van der Waals surface area contributed by atoms with Gasteiger partial charge in [0.2, 0.25) is 0 Å². The van der Waals surface area contributed by atoms with Crippen LogP contribution in [-0.2, 0) is 20.2 Å². The molecule has 4 aliphatic carbocycles. The van der Waals surface area contributed by atoms with E-state index in [0.717, 1.165) is 42.9 Å². The van der Waals surface area contributed by atoms with Gasteiger partial charge in [0.25, 0.3) is 11.8 Å². The van der Waals surface area contributed by atoms with Gasteiger partial charge >= 0.3 is 12.1 Å². The Morgan fingerprint density at radius 1 is 0.936 bits per heavy atom. The first kappa shape index (κ1) is 32.8. The first-order chi connectivity index (χ1) is 21.7. The van der Waals surface area contributed by atoms with Crippen LogP contribution in [0.25, 0.3) is 22.3 Å². The molecule has 2 N–H and O–H groups in total. The first-order valence-electron chi connectivity index (χ1n) is 16.1. The minimum atomic E-state index is -3.57. The number of esters is 1. The number of carbonyl (C=O) groups is 3. The molecular formula is C35H42F2N4O6. The predicted octanol–water partition coefficient (Wildman–Crippen LogP) is 6.97. The van der Waals surface area contributed by atoms with Crippen molar-refractivity contribution in [3.8, 4) is 17.1 Å². The molecule has 0 spiro atoms. The zero-order chi connectivity index (χ0) is 34.3. The summed E-state index contributed by atoms with van der Waals surface area (Å²) in [4.78, 5) is 49.7. The highest BCUT2D eigenvalue weighted by Crippen LogP contribution is 2.59. The average Bonchev–Trinajstić information content (AvgIpc) is 3.30. The molecule has 0 radical (unpaired) electrons. The molecule has 4 saturated carbocycles. The van der Waals surface area contributed by atoms with Crippen molar-refractivity contribution in [2.24, 2.45) is 23.7 Å². The monoisotopic (exact) mass is 652 g/mol. The van der Waals surface area contributed by atoms with Crippen LogP contribution in [0.15, 0.2) is 30.6 Å². The maximum atomic E-state index is 15.3. The van der Waals surface area contributed by atoms with Gasteiger partial charge in [-0.2, -0.15) is 8.78 Å². The summed E-state index contributed by atoms with van der Waals surface area (Å²) in [5, 5.41) is 13.5. The van der Waals surface area contributed by atoms with E-state index in [1.54, 1.807) is 41.5 Å². The molecule has 2 aromatic heterocycles. The van der Waals surface area contributed by atoms with E-state index in [9.17, 15) is 19.5 Å². The molecule has 47 heavy (non-hydrogen) atoms. The number of hydrogen-bond donors (Lipinski definition) is 2. The molecule has 0 atom stereocenters. The van der Waals surface area contributed by atoms with Crippen LogP contribution in [0.1, 0.15) is 96.6 Å². The summed E-state index contributed by atoms with van der Waals surface area (Å²) in [6, 6.07) is 4.26. The van der Waals surface area contributed by atoms with Crippen LogP contribution in [0, 0.1) is 23.7 Å². The molecule has 10 nitrogen and oxygen atoms in total. The summed E-state index contributed by atoms with van der Waals surface area (Å²) >= 11 is 0. The Morgan fingerprint density at radius 3 is 2.09 bits per heavy atom. The summed E-state index contributed by atoms with van der Waals surface area (Å²) in [5.41, 5.74) is -3.79. The maximum Gasteiger partial charge on any atom is 0.419 e. The van der Waals surface area contributed by atoms with E-state index in [4.69, 9.17) is 9.47 Å². The zero-order valence-corrected chi connectivity index (χ0v) is 27.8. The largest absolute Gasteiger partial charge is 0.508 e. The molecule has 1 aromatic carbocycles. The third-order valence-electron chi connectivity index (χ3n) is 9.55. The minimum Gasteiger partial charge on any atom is -0.508 e. The van der Waals surface area contributed by atoms with Gasteiger partial charge in [0, 0.05) is 36.3 Å². The third-order valence-corrected chi connectivity index (χ3v) is 9.55. The smallest absolute Gasteiger partial charge is 0.419 e. The lowest BCUT2D eigenvalue weighted by molar-refractivity contribution is -0.180. The van der Waals surface area contributed by atoms with Crippen LogP contribution in [0.4, 0.5) is 13.6 Å². The summed E-state index contributed by atoms with van der Waals surface area (Å²) in [5.74, 6) is -4.66. The van der Waals surface area contributed by atoms with Gasteiger partial charge in [-0.25, -0.2) is 19.6 Å². The number of alkyl halides is 2. The van der Waals surface area contributed by atoms with Crippen LogP contribution in [0.5, 0.6) is 5.75 Å². The summed E-state index contributed by atoms with van der Waals surface area (Å²) in [6.07, 6.45) is 5.80. The molecule has 4 fully saturated rings. The molecule has 3 aromatic rings. The van der Waals surface area contributed by atoms with E-state index >= 15 is 8.78 Å². The SMILES string of the molecule is CC(C)(C)OC(=O)n1cc(-c2ncc(C(=O)NC3(C(=O)OC(C)(C)C)C4CC5CC(C4)CC3C5)c(C(C)(F)F)n2)c2ccc(O)cc21.